The van der Waals surface area contributed by atoms with Crippen molar-refractivity contribution in [2.45, 2.75) is 50.2 Å². The molecule has 0 aromatic rings. The summed E-state index contributed by atoms with van der Waals surface area (Å²) >= 11 is 29.2. The van der Waals surface area contributed by atoms with Gasteiger partial charge in [-0.3, -0.25) is 0 Å². The predicted molar refractivity (Wildman–Crippen MR) is 98.0 cm³/mol. The minimum atomic E-state index is -1.88. The Labute approximate surface area is 151 Å². The quantitative estimate of drug-likeness (QED) is 0.256. The van der Waals surface area contributed by atoms with Gasteiger partial charge in [0.05, 0.1) is 7.59 Å². The Kier molecular flexibility index (Phi) is 5.63. The highest BCUT2D eigenvalue weighted by atomic mass is 80.0. The van der Waals surface area contributed by atoms with Gasteiger partial charge in [-0.15, -0.1) is 0 Å². The van der Waals surface area contributed by atoms with Crippen molar-refractivity contribution >= 4 is 98.0 Å². The van der Waals surface area contributed by atoms with Crippen LogP contribution < -0.4 is 0 Å². The summed E-state index contributed by atoms with van der Waals surface area (Å²) in [5.74, 6) is 0. The van der Waals surface area contributed by atoms with Crippen molar-refractivity contribution in [3.05, 3.63) is 0 Å². The van der Waals surface area contributed by atoms with Crippen molar-refractivity contribution in [2.24, 2.45) is 0 Å². The van der Waals surface area contributed by atoms with Crippen LogP contribution in [-0.4, -0.2) is 27.0 Å². The molecule has 1 nitrogen and oxygen atoms in total. The standard InChI is InChI=1S/C9H16Br3Cl3OSi2/c1-17(2)6-5-7(8(10,11)12,9(13,14)15)16-18(17,3)4/h5-6H2,1-4H3. The minimum absolute atomic E-state index is 0.709. The maximum atomic E-state index is 6.47. The molecule has 0 N–H and O–H groups in total. The monoisotopic (exact) mass is 538 g/mol. The molecule has 0 spiro atoms. The van der Waals surface area contributed by atoms with Gasteiger partial charge in [-0.2, -0.15) is 0 Å². The molecule has 18 heavy (non-hydrogen) atoms. The molecule has 1 unspecified atom stereocenters. The van der Waals surface area contributed by atoms with Crippen molar-refractivity contribution in [3.63, 3.8) is 0 Å². The Morgan fingerprint density at radius 3 is 1.78 bits per heavy atom. The molecule has 1 saturated heterocycles. The first-order valence-electron chi connectivity index (χ1n) is 5.50. The van der Waals surface area contributed by atoms with Crippen molar-refractivity contribution in [1.29, 1.82) is 0 Å². The zero-order chi connectivity index (χ0) is 14.6. The predicted octanol–water partition coefficient (Wildman–Crippen LogP) is 6.35. The number of rotatable bonds is 0. The summed E-state index contributed by atoms with van der Waals surface area (Å²) in [4.78, 5) is 0. The topological polar surface area (TPSA) is 9.23 Å². The molecule has 1 aliphatic rings. The fraction of sp³-hybridized carbons (Fsp3) is 1.00. The average molecular weight is 542 g/mol. The van der Waals surface area contributed by atoms with Crippen molar-refractivity contribution in [2.75, 3.05) is 0 Å². The molecule has 9 heteroatoms. The van der Waals surface area contributed by atoms with E-state index in [1.165, 1.54) is 0 Å². The van der Waals surface area contributed by atoms with Crippen LogP contribution in [0, 0.1) is 0 Å². The van der Waals surface area contributed by atoms with Gasteiger partial charge in [0.1, 0.15) is 5.60 Å². The maximum absolute atomic E-state index is 6.47. The lowest BCUT2D eigenvalue weighted by atomic mass is 10.1. The molecule has 0 aliphatic carbocycles. The van der Waals surface area contributed by atoms with Gasteiger partial charge in [0.25, 0.3) is 0 Å². The highest BCUT2D eigenvalue weighted by Crippen LogP contribution is 2.62. The molecule has 1 fully saturated rings. The van der Waals surface area contributed by atoms with Crippen LogP contribution in [0.15, 0.2) is 0 Å². The fourth-order valence-corrected chi connectivity index (χ4v) is 12.9. The Bertz CT molecular complexity index is 325. The van der Waals surface area contributed by atoms with Gasteiger partial charge in [-0.25, -0.2) is 0 Å². The van der Waals surface area contributed by atoms with Gasteiger partial charge in [-0.05, 0) is 19.5 Å². The summed E-state index contributed by atoms with van der Waals surface area (Å²) in [6.07, 6.45) is 0.709. The van der Waals surface area contributed by atoms with E-state index in [9.17, 15) is 0 Å². The zero-order valence-electron chi connectivity index (χ0n) is 10.6. The van der Waals surface area contributed by atoms with Gasteiger partial charge < -0.3 is 4.43 Å². The molecule has 0 bridgehead atoms. The summed E-state index contributed by atoms with van der Waals surface area (Å²) in [5.41, 5.74) is -0.914. The Morgan fingerprint density at radius 1 is 1.06 bits per heavy atom. The van der Waals surface area contributed by atoms with Gasteiger partial charge in [0.15, 0.2) is 9.98 Å². The Morgan fingerprint density at radius 2 is 1.50 bits per heavy atom. The summed E-state index contributed by atoms with van der Waals surface area (Å²) in [7, 11) is -3.26. The second-order valence-electron chi connectivity index (χ2n) is 5.82. The average Bonchev–Trinajstić information content (AvgIpc) is 2.05. The molecule has 0 amide bonds. The number of hydrogen-bond acceptors (Lipinski definition) is 1. The highest BCUT2D eigenvalue weighted by Gasteiger charge is 2.67. The third-order valence-electron chi connectivity index (χ3n) is 4.08. The molecular weight excluding hydrogens is 526 g/mol. The summed E-state index contributed by atoms with van der Waals surface area (Å²) in [6.45, 7) is 9.17. The van der Waals surface area contributed by atoms with Crippen molar-refractivity contribution in [3.8, 4) is 0 Å². The lowest BCUT2D eigenvalue weighted by Crippen LogP contribution is -2.71. The first-order chi connectivity index (χ1) is 7.66. The maximum Gasteiger partial charge on any atom is 0.220 e. The lowest BCUT2D eigenvalue weighted by molar-refractivity contribution is 0.0711. The van der Waals surface area contributed by atoms with E-state index in [2.05, 4.69) is 74.0 Å². The molecule has 1 atom stereocenters. The molecule has 0 aromatic heterocycles. The smallest absolute Gasteiger partial charge is 0.220 e. The van der Waals surface area contributed by atoms with Gasteiger partial charge in [0, 0.05) is 0 Å². The van der Waals surface area contributed by atoms with Crippen LogP contribution in [-0.2, 0) is 4.43 Å². The van der Waals surface area contributed by atoms with Gasteiger partial charge >= 0.3 is 0 Å². The fourth-order valence-electron chi connectivity index (χ4n) is 1.97. The molecule has 1 rings (SSSR count). The van der Waals surface area contributed by atoms with E-state index in [0.717, 1.165) is 6.04 Å². The van der Waals surface area contributed by atoms with E-state index < -0.39 is 27.0 Å². The van der Waals surface area contributed by atoms with Gasteiger partial charge in [0.2, 0.25) is 3.79 Å². The zero-order valence-corrected chi connectivity index (χ0v) is 19.6. The lowest BCUT2D eigenvalue weighted by Gasteiger charge is -2.57. The molecule has 0 saturated carbocycles. The summed E-state index contributed by atoms with van der Waals surface area (Å²) in [6, 6.07) is 1.09. The number of hydrogen-bond donors (Lipinski definition) is 0. The van der Waals surface area contributed by atoms with E-state index in [1.807, 2.05) is 0 Å². The van der Waals surface area contributed by atoms with E-state index >= 15 is 0 Å². The largest absolute Gasteiger partial charge is 0.407 e. The molecule has 1 aliphatic heterocycles. The molecule has 0 radical (unpaired) electrons. The van der Waals surface area contributed by atoms with Crippen LogP contribution in [0.1, 0.15) is 6.42 Å². The SMILES string of the molecule is C[Si]1(C)CCC(C(Cl)(Cl)Cl)(C(Br)(Br)Br)O[Si]1(C)C. The first kappa shape index (κ1) is 18.8. The van der Waals surface area contributed by atoms with E-state index in [1.54, 1.807) is 0 Å². The van der Waals surface area contributed by atoms with Crippen LogP contribution >= 0.6 is 82.6 Å². The Hall–Kier alpha value is 2.70. The number of halogens is 6. The summed E-state index contributed by atoms with van der Waals surface area (Å²) < 4.78 is 4.20. The molecule has 1 heterocycles. The molecule has 0 aromatic carbocycles. The Balaban J connectivity index is 3.28. The molecule has 108 valence electrons. The third-order valence-corrected chi connectivity index (χ3v) is 23.4. The van der Waals surface area contributed by atoms with E-state index in [-0.39, 0.29) is 0 Å². The van der Waals surface area contributed by atoms with Crippen LogP contribution in [0.3, 0.4) is 0 Å². The van der Waals surface area contributed by atoms with Crippen LogP contribution in [0.5, 0.6) is 0 Å². The van der Waals surface area contributed by atoms with Crippen LogP contribution in [0.4, 0.5) is 0 Å². The third kappa shape index (κ3) is 3.21. The second-order valence-corrected chi connectivity index (χ2v) is 30.0. The second kappa shape index (κ2) is 5.41. The summed E-state index contributed by atoms with van der Waals surface area (Å²) in [5, 5.41) is 0. The van der Waals surface area contributed by atoms with Crippen molar-refractivity contribution in [1.82, 2.24) is 0 Å². The van der Waals surface area contributed by atoms with Crippen molar-refractivity contribution < 1.29 is 4.43 Å². The minimum Gasteiger partial charge on any atom is -0.407 e. The molecular formula is C9H16Br3Cl3OSi2. The highest BCUT2D eigenvalue weighted by molar-refractivity contribution is 9.39. The van der Waals surface area contributed by atoms with Crippen LogP contribution in [0.2, 0.25) is 32.2 Å². The first-order valence-corrected chi connectivity index (χ1v) is 16.1. The van der Waals surface area contributed by atoms with Gasteiger partial charge in [-0.1, -0.05) is 102 Å². The van der Waals surface area contributed by atoms with E-state index in [4.69, 9.17) is 39.2 Å². The van der Waals surface area contributed by atoms with Crippen LogP contribution in [0.25, 0.3) is 0 Å². The van der Waals surface area contributed by atoms with E-state index in [0.29, 0.717) is 6.42 Å². The number of alkyl halides is 6. The normalized spacial score (nSPS) is 32.3.